The van der Waals surface area contributed by atoms with E-state index in [1.165, 1.54) is 17.0 Å². The van der Waals surface area contributed by atoms with E-state index in [-0.39, 0.29) is 29.0 Å². The van der Waals surface area contributed by atoms with Crippen LogP contribution in [0, 0.1) is 10.1 Å². The largest absolute Gasteiger partial charge is 0.465 e. The number of nitrogens with one attached hydrogen (secondary N) is 1. The highest BCUT2D eigenvalue weighted by molar-refractivity contribution is 6.33. The molecule has 1 heterocycles. The third-order valence-corrected chi connectivity index (χ3v) is 3.79. The van der Waals surface area contributed by atoms with Crippen LogP contribution in [0.5, 0.6) is 0 Å². The van der Waals surface area contributed by atoms with Gasteiger partial charge in [-0.2, -0.15) is 0 Å². The maximum absolute atomic E-state index is 11.1. The normalized spacial score (nSPS) is 18.9. The summed E-state index contributed by atoms with van der Waals surface area (Å²) in [6.07, 6.45) is 1.42. The SMILES string of the molecule is O=C(O)N1CCCC[C@@H](Nc2c(Cl)cccc2[N+](=O)[O-])C1. The van der Waals surface area contributed by atoms with Crippen molar-refractivity contribution in [3.8, 4) is 0 Å². The minimum absolute atomic E-state index is 0.103. The van der Waals surface area contributed by atoms with Gasteiger partial charge in [-0.05, 0) is 25.3 Å². The lowest BCUT2D eigenvalue weighted by Gasteiger charge is -2.23. The molecule has 1 atom stereocenters. The summed E-state index contributed by atoms with van der Waals surface area (Å²) in [5, 5.41) is 23.5. The van der Waals surface area contributed by atoms with Gasteiger partial charge in [-0.25, -0.2) is 4.79 Å². The molecule has 8 heteroatoms. The lowest BCUT2D eigenvalue weighted by atomic mass is 10.1. The highest BCUT2D eigenvalue weighted by atomic mass is 35.5. The highest BCUT2D eigenvalue weighted by Gasteiger charge is 2.25. The lowest BCUT2D eigenvalue weighted by Crippen LogP contribution is -2.38. The Bertz CT molecular complexity index is 552. The van der Waals surface area contributed by atoms with Gasteiger partial charge in [-0.3, -0.25) is 10.1 Å². The monoisotopic (exact) mass is 313 g/mol. The predicted molar refractivity (Wildman–Crippen MR) is 79.0 cm³/mol. The first-order chi connectivity index (χ1) is 9.99. The zero-order chi connectivity index (χ0) is 15.4. The number of rotatable bonds is 3. The molecule has 1 aliphatic heterocycles. The number of anilines is 1. The van der Waals surface area contributed by atoms with Crippen molar-refractivity contribution >= 4 is 29.1 Å². The van der Waals surface area contributed by atoms with Gasteiger partial charge >= 0.3 is 6.09 Å². The summed E-state index contributed by atoms with van der Waals surface area (Å²) in [7, 11) is 0. The number of likely N-dealkylation sites (tertiary alicyclic amines) is 1. The third kappa shape index (κ3) is 3.75. The first-order valence-electron chi connectivity index (χ1n) is 6.66. The summed E-state index contributed by atoms with van der Waals surface area (Å²) in [5.74, 6) is 0. The fourth-order valence-corrected chi connectivity index (χ4v) is 2.67. The van der Waals surface area contributed by atoms with Crippen LogP contribution in [-0.2, 0) is 0 Å². The molecule has 1 fully saturated rings. The van der Waals surface area contributed by atoms with Crippen molar-refractivity contribution in [2.45, 2.75) is 25.3 Å². The molecule has 1 aliphatic rings. The number of halogens is 1. The van der Waals surface area contributed by atoms with Crippen LogP contribution in [0.3, 0.4) is 0 Å². The quantitative estimate of drug-likeness (QED) is 0.660. The molecule has 0 unspecified atom stereocenters. The summed E-state index contributed by atoms with van der Waals surface area (Å²) in [5.41, 5.74) is 0.148. The van der Waals surface area contributed by atoms with Crippen LogP contribution in [0.15, 0.2) is 18.2 Å². The minimum Gasteiger partial charge on any atom is -0.465 e. The molecule has 7 nitrogen and oxygen atoms in total. The van der Waals surface area contributed by atoms with E-state index in [4.69, 9.17) is 16.7 Å². The summed E-state index contributed by atoms with van der Waals surface area (Å²) in [4.78, 5) is 23.0. The Labute approximate surface area is 126 Å². The molecule has 2 N–H and O–H groups in total. The maximum atomic E-state index is 11.1. The molecule has 21 heavy (non-hydrogen) atoms. The molecule has 0 radical (unpaired) electrons. The number of nitro groups is 1. The van der Waals surface area contributed by atoms with Gasteiger partial charge in [-0.15, -0.1) is 0 Å². The van der Waals surface area contributed by atoms with Crippen LogP contribution in [0.1, 0.15) is 19.3 Å². The van der Waals surface area contributed by atoms with E-state index < -0.39 is 11.0 Å². The van der Waals surface area contributed by atoms with Crippen LogP contribution in [0.2, 0.25) is 5.02 Å². The summed E-state index contributed by atoms with van der Waals surface area (Å²) >= 11 is 6.04. The maximum Gasteiger partial charge on any atom is 0.407 e. The average molecular weight is 314 g/mol. The third-order valence-electron chi connectivity index (χ3n) is 3.48. The molecule has 0 aromatic heterocycles. The Kier molecular flexibility index (Phi) is 4.85. The van der Waals surface area contributed by atoms with Crippen LogP contribution < -0.4 is 5.32 Å². The summed E-state index contributed by atoms with van der Waals surface area (Å²) < 4.78 is 0. The molecule has 0 bridgehead atoms. The molecule has 1 aromatic rings. The summed E-state index contributed by atoms with van der Waals surface area (Å²) in [6, 6.07) is 4.27. The fourth-order valence-electron chi connectivity index (χ4n) is 2.45. The van der Waals surface area contributed by atoms with E-state index in [9.17, 15) is 14.9 Å². The van der Waals surface area contributed by atoms with E-state index in [2.05, 4.69) is 5.32 Å². The van der Waals surface area contributed by atoms with E-state index in [1.54, 1.807) is 6.07 Å². The van der Waals surface area contributed by atoms with Crippen LogP contribution in [0.25, 0.3) is 0 Å². The van der Waals surface area contributed by atoms with Crippen LogP contribution >= 0.6 is 11.6 Å². The van der Waals surface area contributed by atoms with Crippen molar-refractivity contribution in [2.75, 3.05) is 18.4 Å². The lowest BCUT2D eigenvalue weighted by molar-refractivity contribution is -0.384. The van der Waals surface area contributed by atoms with E-state index in [0.29, 0.717) is 6.54 Å². The molecule has 1 aromatic carbocycles. The zero-order valence-electron chi connectivity index (χ0n) is 11.3. The van der Waals surface area contributed by atoms with Crippen molar-refractivity contribution in [2.24, 2.45) is 0 Å². The van der Waals surface area contributed by atoms with Crippen molar-refractivity contribution in [1.29, 1.82) is 0 Å². The number of amides is 1. The minimum atomic E-state index is -0.975. The number of carboxylic acid groups (broad SMARTS) is 1. The van der Waals surface area contributed by atoms with Gasteiger partial charge in [0, 0.05) is 25.2 Å². The number of hydrogen-bond donors (Lipinski definition) is 2. The molecule has 0 spiro atoms. The van der Waals surface area contributed by atoms with Gasteiger partial charge in [0.25, 0.3) is 5.69 Å². The highest BCUT2D eigenvalue weighted by Crippen LogP contribution is 2.33. The van der Waals surface area contributed by atoms with Crippen LogP contribution in [0.4, 0.5) is 16.2 Å². The van der Waals surface area contributed by atoms with Gasteiger partial charge in [-0.1, -0.05) is 17.7 Å². The van der Waals surface area contributed by atoms with Gasteiger partial charge < -0.3 is 15.3 Å². The Morgan fingerprint density at radius 1 is 1.48 bits per heavy atom. The molecule has 1 amide bonds. The number of carbonyl (C=O) groups is 1. The molecule has 2 rings (SSSR count). The number of para-hydroxylation sites is 1. The van der Waals surface area contributed by atoms with Crippen molar-refractivity contribution in [3.63, 3.8) is 0 Å². The topological polar surface area (TPSA) is 95.7 Å². The second kappa shape index (κ2) is 6.62. The van der Waals surface area contributed by atoms with Crippen molar-refractivity contribution in [3.05, 3.63) is 33.3 Å². The molecule has 1 saturated heterocycles. The Morgan fingerprint density at radius 3 is 2.90 bits per heavy atom. The number of benzene rings is 1. The zero-order valence-corrected chi connectivity index (χ0v) is 12.0. The molecular weight excluding hydrogens is 298 g/mol. The predicted octanol–water partition coefficient (Wildman–Crippen LogP) is 3.19. The first-order valence-corrected chi connectivity index (χ1v) is 7.04. The van der Waals surface area contributed by atoms with Gasteiger partial charge in [0.15, 0.2) is 0 Å². The number of nitro benzene ring substituents is 1. The molecule has 114 valence electrons. The summed E-state index contributed by atoms with van der Waals surface area (Å²) in [6.45, 7) is 0.774. The number of nitrogens with zero attached hydrogens (tertiary/aromatic N) is 2. The van der Waals surface area contributed by atoms with Crippen molar-refractivity contribution in [1.82, 2.24) is 4.90 Å². The average Bonchev–Trinajstić information content (AvgIpc) is 2.66. The second-order valence-electron chi connectivity index (χ2n) is 4.96. The molecular formula is C13H16ClN3O4. The van der Waals surface area contributed by atoms with Gasteiger partial charge in [0.1, 0.15) is 5.69 Å². The van der Waals surface area contributed by atoms with E-state index in [1.807, 2.05) is 0 Å². The second-order valence-corrected chi connectivity index (χ2v) is 5.36. The van der Waals surface area contributed by atoms with E-state index in [0.717, 1.165) is 19.3 Å². The Morgan fingerprint density at radius 2 is 2.24 bits per heavy atom. The fraction of sp³-hybridized carbons (Fsp3) is 0.462. The first kappa shape index (κ1) is 15.4. The Hall–Kier alpha value is -2.02. The van der Waals surface area contributed by atoms with Gasteiger partial charge in [0.05, 0.1) is 9.95 Å². The van der Waals surface area contributed by atoms with Gasteiger partial charge in [0.2, 0.25) is 0 Å². The molecule has 0 aliphatic carbocycles. The Balaban J connectivity index is 2.20. The van der Waals surface area contributed by atoms with Crippen LogP contribution in [-0.4, -0.2) is 40.2 Å². The van der Waals surface area contributed by atoms with Crippen molar-refractivity contribution < 1.29 is 14.8 Å². The standard InChI is InChI=1S/C13H16ClN3O4/c14-10-5-3-6-11(17(20)21)12(10)15-9-4-1-2-7-16(8-9)13(18)19/h3,5-6,9,15H,1-2,4,7-8H2,(H,18,19)/t9-/m1/s1. The van der Waals surface area contributed by atoms with E-state index >= 15 is 0 Å². The smallest absolute Gasteiger partial charge is 0.407 e. The number of hydrogen-bond acceptors (Lipinski definition) is 4. The molecule has 0 saturated carbocycles.